The van der Waals surface area contributed by atoms with Crippen LogP contribution in [-0.2, 0) is 10.1 Å². The first kappa shape index (κ1) is 10.5. The van der Waals surface area contributed by atoms with Gasteiger partial charge >= 0.3 is 0 Å². The van der Waals surface area contributed by atoms with Crippen molar-refractivity contribution in [3.8, 4) is 0 Å². The maximum atomic E-state index is 10.8. The molecule has 0 bridgehead atoms. The van der Waals surface area contributed by atoms with E-state index in [1.165, 1.54) is 0 Å². The summed E-state index contributed by atoms with van der Waals surface area (Å²) in [5, 5.41) is 1.97. The fraction of sp³-hybridized carbons (Fsp3) is 0.714. The molecule has 13 heavy (non-hydrogen) atoms. The summed E-state index contributed by atoms with van der Waals surface area (Å²) in [6.45, 7) is 0. The van der Waals surface area contributed by atoms with E-state index in [0.717, 1.165) is 0 Å². The highest BCUT2D eigenvalue weighted by Gasteiger charge is 2.27. The second-order valence-electron chi connectivity index (χ2n) is 3.13. The topological polar surface area (TPSA) is 90.2 Å². The van der Waals surface area contributed by atoms with Gasteiger partial charge in [0.15, 0.2) is 0 Å². The van der Waals surface area contributed by atoms with Gasteiger partial charge in [-0.15, -0.1) is 6.04 Å². The molecule has 2 unspecified atom stereocenters. The van der Waals surface area contributed by atoms with E-state index < -0.39 is 21.4 Å². The SMILES string of the molecule is CNC1=CC([NH-])CC(S(=O)(=O)O)C1. The van der Waals surface area contributed by atoms with E-state index in [2.05, 4.69) is 5.32 Å². The Balaban J connectivity index is 2.81. The number of hydrogen-bond donors (Lipinski definition) is 2. The minimum absolute atomic E-state index is 0.171. The Hall–Kier alpha value is -0.590. The summed E-state index contributed by atoms with van der Waals surface area (Å²) in [6, 6.07) is -0.553. The molecule has 1 aliphatic carbocycles. The number of nitrogens with one attached hydrogen (secondary N) is 2. The molecule has 0 aliphatic heterocycles. The van der Waals surface area contributed by atoms with Gasteiger partial charge in [0.1, 0.15) is 0 Å². The average molecular weight is 205 g/mol. The van der Waals surface area contributed by atoms with Crippen LogP contribution in [0.25, 0.3) is 5.73 Å². The van der Waals surface area contributed by atoms with Crippen LogP contribution in [0.4, 0.5) is 0 Å². The molecule has 0 heterocycles. The Morgan fingerprint density at radius 1 is 1.69 bits per heavy atom. The van der Waals surface area contributed by atoms with Crippen molar-refractivity contribution >= 4 is 10.1 Å². The van der Waals surface area contributed by atoms with E-state index in [9.17, 15) is 8.42 Å². The van der Waals surface area contributed by atoms with Crippen LogP contribution in [0.15, 0.2) is 11.8 Å². The van der Waals surface area contributed by atoms with Crippen molar-refractivity contribution in [1.82, 2.24) is 5.32 Å². The molecule has 0 saturated heterocycles. The van der Waals surface area contributed by atoms with E-state index in [1.54, 1.807) is 13.1 Å². The monoisotopic (exact) mass is 205 g/mol. The average Bonchev–Trinajstić information content (AvgIpc) is 2.01. The maximum absolute atomic E-state index is 10.8. The van der Waals surface area contributed by atoms with E-state index in [-0.39, 0.29) is 12.8 Å². The van der Waals surface area contributed by atoms with Crippen molar-refractivity contribution in [3.05, 3.63) is 17.5 Å². The van der Waals surface area contributed by atoms with Gasteiger partial charge in [-0.05, 0) is 6.42 Å². The van der Waals surface area contributed by atoms with Crippen molar-refractivity contribution in [1.29, 1.82) is 0 Å². The third kappa shape index (κ3) is 2.68. The molecular formula is C7H13N2O3S-. The Labute approximate surface area is 77.8 Å². The minimum atomic E-state index is -4.00. The molecule has 3 N–H and O–H groups in total. The van der Waals surface area contributed by atoms with E-state index in [0.29, 0.717) is 5.70 Å². The van der Waals surface area contributed by atoms with Crippen LogP contribution in [0.3, 0.4) is 0 Å². The summed E-state index contributed by atoms with van der Waals surface area (Å²) < 4.78 is 30.4. The fourth-order valence-corrected chi connectivity index (χ4v) is 2.24. The van der Waals surface area contributed by atoms with Gasteiger partial charge in [-0.25, -0.2) is 0 Å². The first-order valence-electron chi connectivity index (χ1n) is 3.99. The molecule has 0 aromatic heterocycles. The lowest BCUT2D eigenvalue weighted by atomic mass is 10.0. The van der Waals surface area contributed by atoms with Crippen molar-refractivity contribution < 1.29 is 13.0 Å². The van der Waals surface area contributed by atoms with Crippen LogP contribution in [0.5, 0.6) is 0 Å². The zero-order chi connectivity index (χ0) is 10.1. The summed E-state index contributed by atoms with van der Waals surface area (Å²) in [5.74, 6) is 0. The van der Waals surface area contributed by atoms with Crippen LogP contribution in [0.2, 0.25) is 0 Å². The molecule has 5 nitrogen and oxygen atoms in total. The highest BCUT2D eigenvalue weighted by molar-refractivity contribution is 7.86. The molecule has 2 atom stereocenters. The molecular weight excluding hydrogens is 192 g/mol. The molecule has 0 saturated carbocycles. The molecule has 0 aromatic carbocycles. The number of rotatable bonds is 2. The third-order valence-corrected chi connectivity index (χ3v) is 3.31. The van der Waals surface area contributed by atoms with Gasteiger partial charge in [-0.2, -0.15) is 8.42 Å². The van der Waals surface area contributed by atoms with Crippen molar-refractivity contribution in [3.63, 3.8) is 0 Å². The Kier molecular flexibility index (Phi) is 2.94. The molecule has 1 rings (SSSR count). The number of allylic oxidation sites excluding steroid dienone is 1. The van der Waals surface area contributed by atoms with Crippen LogP contribution in [0, 0.1) is 0 Å². The standard InChI is InChI=1S/C7H13N2O3S/c1-9-6-2-5(8)3-7(4-6)13(10,11)12/h2,5,7-9H,3-4H2,1H3,(H,10,11,12)/q-1. The van der Waals surface area contributed by atoms with Crippen molar-refractivity contribution in [2.24, 2.45) is 0 Å². The predicted octanol–water partition coefficient (Wildman–Crippen LogP) is 0.561. The van der Waals surface area contributed by atoms with Gasteiger partial charge in [0.05, 0.1) is 5.25 Å². The zero-order valence-electron chi connectivity index (χ0n) is 7.32. The second-order valence-corrected chi connectivity index (χ2v) is 4.82. The van der Waals surface area contributed by atoms with Gasteiger partial charge in [0, 0.05) is 19.2 Å². The molecule has 0 spiro atoms. The Morgan fingerprint density at radius 2 is 2.31 bits per heavy atom. The lowest BCUT2D eigenvalue weighted by Crippen LogP contribution is -2.31. The first-order chi connectivity index (χ1) is 5.93. The van der Waals surface area contributed by atoms with Crippen molar-refractivity contribution in [2.45, 2.75) is 24.1 Å². The quantitative estimate of drug-likeness (QED) is 0.644. The normalized spacial score (nSPS) is 29.6. The summed E-state index contributed by atoms with van der Waals surface area (Å²) in [4.78, 5) is 0. The van der Waals surface area contributed by atoms with Crippen LogP contribution in [0.1, 0.15) is 12.8 Å². The third-order valence-electron chi connectivity index (χ3n) is 2.11. The molecule has 0 radical (unpaired) electrons. The lowest BCUT2D eigenvalue weighted by Gasteiger charge is -2.28. The zero-order valence-corrected chi connectivity index (χ0v) is 8.13. The minimum Gasteiger partial charge on any atom is -0.671 e. The van der Waals surface area contributed by atoms with Gasteiger partial charge in [-0.3, -0.25) is 4.55 Å². The molecule has 0 aromatic rings. The highest BCUT2D eigenvalue weighted by atomic mass is 32.2. The Morgan fingerprint density at radius 3 is 2.77 bits per heavy atom. The van der Waals surface area contributed by atoms with E-state index in [1.807, 2.05) is 0 Å². The molecule has 6 heteroatoms. The summed E-state index contributed by atoms with van der Waals surface area (Å²) in [5.41, 5.74) is 8.13. The summed E-state index contributed by atoms with van der Waals surface area (Å²) in [6.07, 6.45) is 2.11. The predicted molar refractivity (Wildman–Crippen MR) is 49.8 cm³/mol. The summed E-state index contributed by atoms with van der Waals surface area (Å²) in [7, 11) is -2.33. The second kappa shape index (κ2) is 3.65. The lowest BCUT2D eigenvalue weighted by molar-refractivity contribution is 0.454. The largest absolute Gasteiger partial charge is 0.671 e. The Bertz CT molecular complexity index is 310. The fourth-order valence-electron chi connectivity index (χ4n) is 1.40. The van der Waals surface area contributed by atoms with Gasteiger partial charge in [-0.1, -0.05) is 6.08 Å². The van der Waals surface area contributed by atoms with Crippen molar-refractivity contribution in [2.75, 3.05) is 7.05 Å². The molecule has 76 valence electrons. The van der Waals surface area contributed by atoms with Gasteiger partial charge < -0.3 is 11.1 Å². The summed E-state index contributed by atoms with van der Waals surface area (Å²) >= 11 is 0. The van der Waals surface area contributed by atoms with Gasteiger partial charge in [0.25, 0.3) is 10.1 Å². The molecule has 1 aliphatic rings. The van der Waals surface area contributed by atoms with Crippen LogP contribution >= 0.6 is 0 Å². The van der Waals surface area contributed by atoms with E-state index in [4.69, 9.17) is 10.3 Å². The van der Waals surface area contributed by atoms with E-state index >= 15 is 0 Å². The van der Waals surface area contributed by atoms with Gasteiger partial charge in [0.2, 0.25) is 0 Å². The van der Waals surface area contributed by atoms with Crippen LogP contribution in [-0.4, -0.2) is 31.3 Å². The van der Waals surface area contributed by atoms with Crippen LogP contribution < -0.4 is 5.32 Å². The molecule has 0 fully saturated rings. The molecule has 0 amide bonds. The number of hydrogen-bond acceptors (Lipinski definition) is 3. The first-order valence-corrected chi connectivity index (χ1v) is 5.49. The smallest absolute Gasteiger partial charge is 0.268 e. The maximum Gasteiger partial charge on any atom is 0.268 e. The highest BCUT2D eigenvalue weighted by Crippen LogP contribution is 2.23.